The predicted molar refractivity (Wildman–Crippen MR) is 103 cm³/mol. The van der Waals surface area contributed by atoms with Gasteiger partial charge < -0.3 is 10.0 Å². The van der Waals surface area contributed by atoms with E-state index in [-0.39, 0.29) is 36.5 Å². The van der Waals surface area contributed by atoms with Gasteiger partial charge >= 0.3 is 6.18 Å². The molecule has 1 amide bonds. The molecule has 0 aromatic heterocycles. The van der Waals surface area contributed by atoms with Crippen molar-refractivity contribution in [3.63, 3.8) is 0 Å². The first-order valence-corrected chi connectivity index (χ1v) is 9.58. The van der Waals surface area contributed by atoms with Gasteiger partial charge in [-0.05, 0) is 54.8 Å². The number of carbonyl (C=O) groups is 2. The van der Waals surface area contributed by atoms with Crippen molar-refractivity contribution in [2.75, 3.05) is 11.4 Å². The van der Waals surface area contributed by atoms with Gasteiger partial charge in [0.25, 0.3) is 5.91 Å². The zero-order chi connectivity index (χ0) is 22.1. The van der Waals surface area contributed by atoms with Crippen LogP contribution in [-0.2, 0) is 22.2 Å². The van der Waals surface area contributed by atoms with Gasteiger partial charge in [-0.15, -0.1) is 0 Å². The normalized spacial score (nSPS) is 19.4. The molecule has 0 saturated carbocycles. The molecule has 0 bridgehead atoms. The number of hydrogen-bond acceptors (Lipinski definition) is 3. The topological polar surface area (TPSA) is 57.6 Å². The minimum Gasteiger partial charge on any atom is -0.373 e. The van der Waals surface area contributed by atoms with Crippen molar-refractivity contribution in [3.8, 4) is 0 Å². The van der Waals surface area contributed by atoms with Crippen LogP contribution in [0.1, 0.15) is 30.4 Å². The molecule has 160 valence electrons. The number of benzene rings is 2. The van der Waals surface area contributed by atoms with Crippen molar-refractivity contribution >= 4 is 29.0 Å². The first kappa shape index (κ1) is 22.2. The van der Waals surface area contributed by atoms with E-state index in [0.717, 1.165) is 29.2 Å². The Kier molecular flexibility index (Phi) is 6.19. The van der Waals surface area contributed by atoms with Crippen molar-refractivity contribution < 1.29 is 32.3 Å². The van der Waals surface area contributed by atoms with Crippen molar-refractivity contribution in [2.45, 2.75) is 37.5 Å². The van der Waals surface area contributed by atoms with E-state index in [1.54, 1.807) is 6.07 Å². The van der Waals surface area contributed by atoms with Crippen molar-refractivity contribution in [1.29, 1.82) is 0 Å². The van der Waals surface area contributed by atoms with Crippen LogP contribution in [-0.4, -0.2) is 28.9 Å². The van der Waals surface area contributed by atoms with Gasteiger partial charge in [-0.25, -0.2) is 4.39 Å². The molecule has 1 atom stereocenters. The Morgan fingerprint density at radius 1 is 1.20 bits per heavy atom. The molecule has 0 radical (unpaired) electrons. The number of rotatable bonds is 6. The van der Waals surface area contributed by atoms with Crippen molar-refractivity contribution in [2.24, 2.45) is 0 Å². The second-order valence-corrected chi connectivity index (χ2v) is 7.61. The van der Waals surface area contributed by atoms with E-state index in [2.05, 4.69) is 0 Å². The molecular weight excluding hydrogens is 426 g/mol. The lowest BCUT2D eigenvalue weighted by atomic mass is 9.92. The van der Waals surface area contributed by atoms with Crippen LogP contribution < -0.4 is 4.90 Å². The number of anilines is 1. The van der Waals surface area contributed by atoms with E-state index < -0.39 is 34.8 Å². The van der Waals surface area contributed by atoms with Gasteiger partial charge in [0, 0.05) is 30.1 Å². The summed E-state index contributed by atoms with van der Waals surface area (Å²) >= 11 is 5.78. The number of nitrogens with zero attached hydrogens (tertiary/aromatic N) is 1. The lowest BCUT2D eigenvalue weighted by Gasteiger charge is -2.22. The highest BCUT2D eigenvalue weighted by atomic mass is 35.5. The molecule has 0 spiro atoms. The van der Waals surface area contributed by atoms with E-state index in [1.165, 1.54) is 12.1 Å². The molecule has 3 rings (SSSR count). The maximum atomic E-state index is 13.4. The Labute approximate surface area is 175 Å². The molecule has 1 N–H and O–H groups in total. The first-order chi connectivity index (χ1) is 14.0. The third kappa shape index (κ3) is 4.65. The highest BCUT2D eigenvalue weighted by Crippen LogP contribution is 2.35. The lowest BCUT2D eigenvalue weighted by molar-refractivity contribution is -0.147. The number of hydrogen-bond donors (Lipinski definition) is 1. The maximum absolute atomic E-state index is 13.4. The van der Waals surface area contributed by atoms with Crippen molar-refractivity contribution in [1.82, 2.24) is 0 Å². The van der Waals surface area contributed by atoms with Crippen LogP contribution >= 0.6 is 11.6 Å². The van der Waals surface area contributed by atoms with Crippen LogP contribution in [0.15, 0.2) is 42.5 Å². The minimum absolute atomic E-state index is 0.0343. The smallest absolute Gasteiger partial charge is 0.373 e. The summed E-state index contributed by atoms with van der Waals surface area (Å²) in [6, 6.07) is 8.15. The van der Waals surface area contributed by atoms with Gasteiger partial charge in [0.2, 0.25) is 5.60 Å². The van der Waals surface area contributed by atoms with Crippen molar-refractivity contribution in [3.05, 3.63) is 64.4 Å². The minimum atomic E-state index is -4.58. The molecule has 2 aromatic carbocycles. The molecule has 4 nitrogen and oxygen atoms in total. The number of alkyl halides is 3. The van der Waals surface area contributed by atoms with Gasteiger partial charge in [0.1, 0.15) is 5.82 Å². The van der Waals surface area contributed by atoms with Crippen LogP contribution in [0, 0.1) is 5.82 Å². The second-order valence-electron chi connectivity index (χ2n) is 7.17. The highest BCUT2D eigenvalue weighted by molar-refractivity contribution is 6.30. The van der Waals surface area contributed by atoms with E-state index >= 15 is 0 Å². The molecule has 9 heteroatoms. The van der Waals surface area contributed by atoms with Crippen LogP contribution in [0.3, 0.4) is 0 Å². The number of carbonyl (C=O) groups excluding carboxylic acids is 2. The standard InChI is InChI=1S/C21H18ClF4NO3/c22-15-9-13(10-16(23)12-15)3-1-6-18(28)20(30)7-8-27(19(20)29)17-5-2-4-14(11-17)21(24,25)26/h2,4-5,9-12,30H,1,3,6-8H2/t20-/m1/s1. The van der Waals surface area contributed by atoms with Gasteiger partial charge in [0.05, 0.1) is 5.56 Å². The summed E-state index contributed by atoms with van der Waals surface area (Å²) in [4.78, 5) is 26.2. The van der Waals surface area contributed by atoms with Gasteiger partial charge in [-0.2, -0.15) is 13.2 Å². The van der Waals surface area contributed by atoms with E-state index in [0.29, 0.717) is 12.0 Å². The summed E-state index contributed by atoms with van der Waals surface area (Å²) in [7, 11) is 0. The number of ketones is 1. The third-order valence-electron chi connectivity index (χ3n) is 5.03. The summed E-state index contributed by atoms with van der Waals surface area (Å²) in [5.74, 6) is -2.17. The Balaban J connectivity index is 1.66. The molecule has 1 aliphatic heterocycles. The molecule has 1 fully saturated rings. The summed E-state index contributed by atoms with van der Waals surface area (Å²) < 4.78 is 52.1. The third-order valence-corrected chi connectivity index (χ3v) is 5.25. The van der Waals surface area contributed by atoms with Gasteiger partial charge in [-0.1, -0.05) is 17.7 Å². The summed E-state index contributed by atoms with van der Waals surface area (Å²) in [6.45, 7) is -0.0815. The fourth-order valence-electron chi connectivity index (χ4n) is 3.48. The zero-order valence-electron chi connectivity index (χ0n) is 15.7. The van der Waals surface area contributed by atoms with E-state index in [4.69, 9.17) is 11.6 Å². The molecule has 0 aliphatic carbocycles. The number of halogens is 5. The number of aliphatic hydroxyl groups is 1. The molecule has 2 aromatic rings. The maximum Gasteiger partial charge on any atom is 0.416 e. The van der Waals surface area contributed by atoms with Crippen LogP contribution in [0.2, 0.25) is 5.02 Å². The Hall–Kier alpha value is -2.45. The summed E-state index contributed by atoms with van der Waals surface area (Å²) in [5.41, 5.74) is -2.67. The SMILES string of the molecule is O=C(CCCc1cc(F)cc(Cl)c1)[C@]1(O)CCN(c2cccc(C(F)(F)F)c2)C1=O. The number of Topliss-reactive ketones (excluding diaryl/α,β-unsaturated/α-hetero) is 1. The largest absolute Gasteiger partial charge is 0.416 e. The average Bonchev–Trinajstić information content (AvgIpc) is 2.96. The highest BCUT2D eigenvalue weighted by Gasteiger charge is 2.51. The molecule has 1 aliphatic rings. The predicted octanol–water partition coefficient (Wildman–Crippen LogP) is 4.56. The lowest BCUT2D eigenvalue weighted by Crippen LogP contribution is -2.46. The molecule has 30 heavy (non-hydrogen) atoms. The fourth-order valence-corrected chi connectivity index (χ4v) is 3.72. The Bertz CT molecular complexity index is 959. The van der Waals surface area contributed by atoms with Gasteiger partial charge in [-0.3, -0.25) is 9.59 Å². The van der Waals surface area contributed by atoms with Crippen LogP contribution in [0.25, 0.3) is 0 Å². The Morgan fingerprint density at radius 2 is 1.93 bits per heavy atom. The average molecular weight is 444 g/mol. The molecule has 1 heterocycles. The van der Waals surface area contributed by atoms with Crippen LogP contribution in [0.4, 0.5) is 23.2 Å². The zero-order valence-corrected chi connectivity index (χ0v) is 16.4. The second kappa shape index (κ2) is 8.35. The molecular formula is C21H18ClF4NO3. The fraction of sp³-hybridized carbons (Fsp3) is 0.333. The Morgan fingerprint density at radius 3 is 2.60 bits per heavy atom. The summed E-state index contributed by atoms with van der Waals surface area (Å²) in [6.07, 6.45) is -4.38. The monoisotopic (exact) mass is 443 g/mol. The van der Waals surface area contributed by atoms with E-state index in [1.807, 2.05) is 0 Å². The van der Waals surface area contributed by atoms with Crippen LogP contribution in [0.5, 0.6) is 0 Å². The number of aryl methyl sites for hydroxylation is 1. The summed E-state index contributed by atoms with van der Waals surface area (Å²) in [5, 5.41) is 10.9. The first-order valence-electron chi connectivity index (χ1n) is 9.20. The molecule has 1 saturated heterocycles. The molecule has 0 unspecified atom stereocenters. The quantitative estimate of drug-likeness (QED) is 0.526. The van der Waals surface area contributed by atoms with E-state index in [9.17, 15) is 32.3 Å². The number of amides is 1. The van der Waals surface area contributed by atoms with Gasteiger partial charge in [0.15, 0.2) is 5.78 Å².